The third-order valence-corrected chi connectivity index (χ3v) is 8.40. The molecule has 136 valence electrons. The Labute approximate surface area is 155 Å². The van der Waals surface area contributed by atoms with E-state index in [2.05, 4.69) is 14.9 Å². The van der Waals surface area contributed by atoms with E-state index >= 15 is 0 Å². The van der Waals surface area contributed by atoms with Crippen LogP contribution in [0.5, 0.6) is 0 Å². The van der Waals surface area contributed by atoms with E-state index in [1.807, 2.05) is 0 Å². The van der Waals surface area contributed by atoms with Gasteiger partial charge >= 0.3 is 0 Å². The van der Waals surface area contributed by atoms with E-state index < -0.39 is 10.0 Å². The summed E-state index contributed by atoms with van der Waals surface area (Å²) < 4.78 is 31.4. The van der Waals surface area contributed by atoms with Crippen LogP contribution in [-0.4, -0.2) is 47.3 Å². The van der Waals surface area contributed by atoms with E-state index in [9.17, 15) is 13.2 Å². The van der Waals surface area contributed by atoms with E-state index in [1.165, 1.54) is 11.3 Å². The predicted octanol–water partition coefficient (Wildman–Crippen LogP) is 2.27. The van der Waals surface area contributed by atoms with E-state index in [4.69, 9.17) is 0 Å². The number of sulfonamides is 1. The van der Waals surface area contributed by atoms with Crippen LogP contribution in [0.4, 0.5) is 0 Å². The molecule has 3 heterocycles. The number of aryl methyl sites for hydroxylation is 1. The highest BCUT2D eigenvalue weighted by molar-refractivity contribution is 7.91. The lowest BCUT2D eigenvalue weighted by atomic mass is 10.0. The molecule has 7 nitrogen and oxygen atoms in total. The second kappa shape index (κ2) is 7.90. The molecule has 2 aromatic rings. The summed E-state index contributed by atoms with van der Waals surface area (Å²) in [4.78, 5) is 12.6. The quantitative estimate of drug-likeness (QED) is 0.803. The zero-order chi connectivity index (χ0) is 17.9. The Hall–Kier alpha value is -1.36. The fraction of sp³-hybridized carbons (Fsp3) is 0.533. The van der Waals surface area contributed by atoms with Crippen molar-refractivity contribution >= 4 is 38.8 Å². The van der Waals surface area contributed by atoms with Gasteiger partial charge in [-0.05, 0) is 49.2 Å². The van der Waals surface area contributed by atoms with Crippen LogP contribution in [0.15, 0.2) is 21.7 Å². The molecule has 25 heavy (non-hydrogen) atoms. The molecule has 3 rings (SSSR count). The maximum atomic E-state index is 12.8. The third-order valence-electron chi connectivity index (χ3n) is 4.25. The molecule has 10 heteroatoms. The van der Waals surface area contributed by atoms with Crippen LogP contribution in [-0.2, 0) is 10.0 Å². The zero-order valence-electron chi connectivity index (χ0n) is 13.8. The van der Waals surface area contributed by atoms with Crippen molar-refractivity contribution in [2.45, 2.75) is 42.9 Å². The molecule has 0 aromatic carbocycles. The van der Waals surface area contributed by atoms with Crippen molar-refractivity contribution in [3.05, 3.63) is 28.1 Å². The Bertz CT molecular complexity index is 817. The minimum atomic E-state index is -3.45. The van der Waals surface area contributed by atoms with Crippen molar-refractivity contribution in [3.8, 4) is 0 Å². The van der Waals surface area contributed by atoms with Crippen molar-refractivity contribution in [1.82, 2.24) is 19.2 Å². The molecule has 1 atom stereocenters. The van der Waals surface area contributed by atoms with Crippen molar-refractivity contribution in [2.24, 2.45) is 0 Å². The molecule has 1 saturated heterocycles. The van der Waals surface area contributed by atoms with E-state index in [1.54, 1.807) is 28.7 Å². The summed E-state index contributed by atoms with van der Waals surface area (Å²) in [6, 6.07) is 3.32. The molecular formula is C15H20N4O3S3. The molecule has 1 N–H and O–H groups in total. The lowest BCUT2D eigenvalue weighted by Crippen LogP contribution is -2.44. The van der Waals surface area contributed by atoms with Gasteiger partial charge < -0.3 is 5.32 Å². The molecule has 0 saturated carbocycles. The Balaban J connectivity index is 1.62. The summed E-state index contributed by atoms with van der Waals surface area (Å²) in [6.07, 6.45) is 3.30. The lowest BCUT2D eigenvalue weighted by molar-refractivity contribution is 0.0953. The van der Waals surface area contributed by atoms with Gasteiger partial charge in [0.1, 0.15) is 9.09 Å². The summed E-state index contributed by atoms with van der Waals surface area (Å²) in [6.45, 7) is 2.71. The Morgan fingerprint density at radius 3 is 2.96 bits per heavy atom. The number of amides is 1. The molecule has 1 aliphatic rings. The SMILES string of the molecule is Cc1nnsc1C(=O)NCCC1CCCCN1S(=O)(=O)c1cccs1. The summed E-state index contributed by atoms with van der Waals surface area (Å²) in [5.41, 5.74) is 0.613. The molecule has 0 aliphatic carbocycles. The number of hydrogen-bond acceptors (Lipinski definition) is 7. The number of nitrogens with one attached hydrogen (secondary N) is 1. The van der Waals surface area contributed by atoms with Crippen LogP contribution in [0.2, 0.25) is 0 Å². The van der Waals surface area contributed by atoms with Crippen LogP contribution in [0.3, 0.4) is 0 Å². The summed E-state index contributed by atoms with van der Waals surface area (Å²) in [5.74, 6) is -0.198. The first kappa shape index (κ1) is 18.4. The molecule has 1 fully saturated rings. The van der Waals surface area contributed by atoms with Crippen molar-refractivity contribution in [3.63, 3.8) is 0 Å². The zero-order valence-corrected chi connectivity index (χ0v) is 16.3. The highest BCUT2D eigenvalue weighted by Gasteiger charge is 2.33. The molecule has 0 bridgehead atoms. The minimum absolute atomic E-state index is 0.0816. The van der Waals surface area contributed by atoms with Crippen LogP contribution in [0.25, 0.3) is 0 Å². The number of carbonyl (C=O) groups excluding carboxylic acids is 1. The van der Waals surface area contributed by atoms with Crippen LogP contribution < -0.4 is 5.32 Å². The molecule has 2 aromatic heterocycles. The van der Waals surface area contributed by atoms with Gasteiger partial charge in [0, 0.05) is 19.1 Å². The van der Waals surface area contributed by atoms with Gasteiger partial charge in [0.15, 0.2) is 0 Å². The molecule has 0 spiro atoms. The maximum absolute atomic E-state index is 12.8. The first-order valence-electron chi connectivity index (χ1n) is 8.12. The van der Waals surface area contributed by atoms with Crippen molar-refractivity contribution < 1.29 is 13.2 Å². The summed E-state index contributed by atoms with van der Waals surface area (Å²) in [7, 11) is -3.45. The normalized spacial score (nSPS) is 19.0. The summed E-state index contributed by atoms with van der Waals surface area (Å²) in [5, 5.41) is 8.46. The average molecular weight is 401 g/mol. The molecule has 0 radical (unpaired) electrons. The highest BCUT2D eigenvalue weighted by Crippen LogP contribution is 2.29. The number of carbonyl (C=O) groups is 1. The Morgan fingerprint density at radius 1 is 1.44 bits per heavy atom. The van der Waals surface area contributed by atoms with Gasteiger partial charge in [0.2, 0.25) is 0 Å². The van der Waals surface area contributed by atoms with Gasteiger partial charge in [-0.1, -0.05) is 17.0 Å². The molecular weight excluding hydrogens is 380 g/mol. The van der Waals surface area contributed by atoms with Gasteiger partial charge in [0.25, 0.3) is 15.9 Å². The number of thiophene rings is 1. The monoisotopic (exact) mass is 400 g/mol. The number of rotatable bonds is 6. The highest BCUT2D eigenvalue weighted by atomic mass is 32.2. The topological polar surface area (TPSA) is 92.3 Å². The molecule has 1 amide bonds. The fourth-order valence-corrected chi connectivity index (χ4v) is 6.39. The lowest BCUT2D eigenvalue weighted by Gasteiger charge is -2.34. The van der Waals surface area contributed by atoms with Gasteiger partial charge in [-0.3, -0.25) is 4.79 Å². The smallest absolute Gasteiger partial charge is 0.264 e. The average Bonchev–Trinajstić information content (AvgIpc) is 3.27. The molecule has 1 unspecified atom stereocenters. The standard InChI is InChI=1S/C15H20N4O3S3/c1-11-14(24-18-17-11)15(20)16-8-7-12-5-2-3-9-19(12)25(21,22)13-6-4-10-23-13/h4,6,10,12H,2-3,5,7-9H2,1H3,(H,16,20). The van der Waals surface area contributed by atoms with Gasteiger partial charge in [-0.2, -0.15) is 4.31 Å². The molecule has 1 aliphatic heterocycles. The van der Waals surface area contributed by atoms with Crippen LogP contribution >= 0.6 is 22.9 Å². The number of hydrogen-bond donors (Lipinski definition) is 1. The van der Waals surface area contributed by atoms with Gasteiger partial charge in [-0.15, -0.1) is 16.4 Å². The predicted molar refractivity (Wildman–Crippen MR) is 97.4 cm³/mol. The number of aromatic nitrogens is 2. The number of piperidine rings is 1. The van der Waals surface area contributed by atoms with Gasteiger partial charge in [-0.25, -0.2) is 8.42 Å². The van der Waals surface area contributed by atoms with Crippen molar-refractivity contribution in [2.75, 3.05) is 13.1 Å². The van der Waals surface area contributed by atoms with Gasteiger partial charge in [0.05, 0.1) is 5.69 Å². The third kappa shape index (κ3) is 4.08. The van der Waals surface area contributed by atoms with Crippen molar-refractivity contribution in [1.29, 1.82) is 0 Å². The minimum Gasteiger partial charge on any atom is -0.351 e. The van der Waals surface area contributed by atoms with Crippen LogP contribution in [0.1, 0.15) is 41.0 Å². The summed E-state index contributed by atoms with van der Waals surface area (Å²) >= 11 is 2.31. The Morgan fingerprint density at radius 2 is 2.28 bits per heavy atom. The van der Waals surface area contributed by atoms with E-state index in [-0.39, 0.29) is 11.9 Å². The van der Waals surface area contributed by atoms with E-state index in [0.717, 1.165) is 30.8 Å². The van der Waals surface area contributed by atoms with E-state index in [0.29, 0.717) is 34.3 Å². The second-order valence-corrected chi connectivity index (χ2v) is 9.75. The Kier molecular flexibility index (Phi) is 5.82. The largest absolute Gasteiger partial charge is 0.351 e. The van der Waals surface area contributed by atoms with Crippen LogP contribution in [0, 0.1) is 6.92 Å². The first-order valence-corrected chi connectivity index (χ1v) is 11.2. The number of nitrogens with zero attached hydrogens (tertiary/aromatic N) is 3. The fourth-order valence-electron chi connectivity index (χ4n) is 2.98. The first-order chi connectivity index (χ1) is 12.0. The maximum Gasteiger partial charge on any atom is 0.264 e. The second-order valence-electron chi connectivity index (χ2n) is 5.93.